The van der Waals surface area contributed by atoms with Gasteiger partial charge in [0.2, 0.25) is 0 Å². The largest absolute Gasteiger partial charge is 0.495 e. The third-order valence-electron chi connectivity index (χ3n) is 4.25. The number of ether oxygens (including phenoxy) is 2. The average Bonchev–Trinajstić information content (AvgIpc) is 2.83. The molecule has 0 aliphatic carbocycles. The Hall–Kier alpha value is -3.78. The van der Waals surface area contributed by atoms with Crippen molar-refractivity contribution in [3.05, 3.63) is 84.4 Å². The van der Waals surface area contributed by atoms with Crippen molar-refractivity contribution in [2.75, 3.05) is 30.1 Å². The quantitative estimate of drug-likeness (QED) is 0.375. The van der Waals surface area contributed by atoms with Crippen LogP contribution in [0.2, 0.25) is 0 Å². The number of carbonyl (C=O) groups is 3. The van der Waals surface area contributed by atoms with Crippen molar-refractivity contribution in [1.29, 1.82) is 0 Å². The lowest BCUT2D eigenvalue weighted by Gasteiger charge is -2.10. The molecule has 2 N–H and O–H groups in total. The molecule has 3 aromatic rings. The first-order valence-electron chi connectivity index (χ1n) is 9.73. The summed E-state index contributed by atoms with van der Waals surface area (Å²) >= 11 is 1.34. The molecule has 0 radical (unpaired) electrons. The molecule has 32 heavy (non-hydrogen) atoms. The van der Waals surface area contributed by atoms with Crippen molar-refractivity contribution in [1.82, 2.24) is 0 Å². The third kappa shape index (κ3) is 6.88. The first-order valence-corrected chi connectivity index (χ1v) is 10.7. The van der Waals surface area contributed by atoms with Crippen LogP contribution < -0.4 is 15.4 Å². The van der Waals surface area contributed by atoms with E-state index in [1.807, 2.05) is 36.4 Å². The topological polar surface area (TPSA) is 93.7 Å². The maximum absolute atomic E-state index is 12.4. The highest BCUT2D eigenvalue weighted by Gasteiger charge is 2.11. The fourth-order valence-corrected chi connectivity index (χ4v) is 3.41. The molecule has 0 saturated heterocycles. The van der Waals surface area contributed by atoms with Crippen LogP contribution in [0.15, 0.2) is 83.8 Å². The summed E-state index contributed by atoms with van der Waals surface area (Å²) in [4.78, 5) is 37.2. The van der Waals surface area contributed by atoms with Crippen LogP contribution in [-0.4, -0.2) is 37.3 Å². The van der Waals surface area contributed by atoms with E-state index in [-0.39, 0.29) is 18.3 Å². The SMILES string of the molecule is COc1ccccc1NC(=O)c1ccc(NC(=O)COC(=O)CSc2ccccc2)cc1. The lowest BCUT2D eigenvalue weighted by molar-refractivity contribution is -0.144. The molecule has 0 heterocycles. The number of carbonyl (C=O) groups excluding carboxylic acids is 3. The van der Waals surface area contributed by atoms with Gasteiger partial charge in [-0.2, -0.15) is 0 Å². The summed E-state index contributed by atoms with van der Waals surface area (Å²) in [6.07, 6.45) is 0. The molecule has 7 nitrogen and oxygen atoms in total. The zero-order valence-corrected chi connectivity index (χ0v) is 18.2. The lowest BCUT2D eigenvalue weighted by Crippen LogP contribution is -2.21. The summed E-state index contributed by atoms with van der Waals surface area (Å²) < 4.78 is 10.2. The molecular formula is C24H22N2O5S. The second-order valence-electron chi connectivity index (χ2n) is 6.54. The lowest BCUT2D eigenvalue weighted by atomic mass is 10.2. The van der Waals surface area contributed by atoms with E-state index in [9.17, 15) is 14.4 Å². The van der Waals surface area contributed by atoms with Crippen LogP contribution in [0.1, 0.15) is 10.4 Å². The number of amides is 2. The van der Waals surface area contributed by atoms with Gasteiger partial charge in [0, 0.05) is 16.1 Å². The molecule has 0 atom stereocenters. The van der Waals surface area contributed by atoms with E-state index in [0.29, 0.717) is 22.7 Å². The Morgan fingerprint density at radius 3 is 2.25 bits per heavy atom. The molecule has 0 unspecified atom stereocenters. The molecule has 0 saturated carbocycles. The van der Waals surface area contributed by atoms with Gasteiger partial charge in [-0.05, 0) is 48.5 Å². The van der Waals surface area contributed by atoms with E-state index >= 15 is 0 Å². The normalized spacial score (nSPS) is 10.2. The van der Waals surface area contributed by atoms with Crippen molar-refractivity contribution in [3.63, 3.8) is 0 Å². The molecule has 0 fully saturated rings. The number of hydrogen-bond acceptors (Lipinski definition) is 6. The van der Waals surface area contributed by atoms with E-state index in [1.165, 1.54) is 18.9 Å². The standard InChI is InChI=1S/C24H22N2O5S/c1-30-21-10-6-5-9-20(21)26-24(29)17-11-13-18(14-12-17)25-22(27)15-31-23(28)16-32-19-7-3-2-4-8-19/h2-14H,15-16H2,1H3,(H,25,27)(H,26,29). The summed E-state index contributed by atoms with van der Waals surface area (Å²) in [5.41, 5.74) is 1.46. The molecule has 164 valence electrons. The minimum atomic E-state index is -0.475. The second-order valence-corrected chi connectivity index (χ2v) is 7.59. The Morgan fingerprint density at radius 2 is 1.53 bits per heavy atom. The summed E-state index contributed by atoms with van der Waals surface area (Å²) in [6, 6.07) is 22.9. The van der Waals surface area contributed by atoms with E-state index in [4.69, 9.17) is 9.47 Å². The predicted octanol–water partition coefficient (Wildman–Crippen LogP) is 4.22. The predicted molar refractivity (Wildman–Crippen MR) is 124 cm³/mol. The fourth-order valence-electron chi connectivity index (χ4n) is 2.69. The Balaban J connectivity index is 1.44. The van der Waals surface area contributed by atoms with Gasteiger partial charge in [0.05, 0.1) is 18.6 Å². The van der Waals surface area contributed by atoms with Gasteiger partial charge in [-0.25, -0.2) is 0 Å². The van der Waals surface area contributed by atoms with Crippen molar-refractivity contribution in [2.24, 2.45) is 0 Å². The van der Waals surface area contributed by atoms with Gasteiger partial charge in [0.25, 0.3) is 11.8 Å². The van der Waals surface area contributed by atoms with Crippen molar-refractivity contribution in [3.8, 4) is 5.75 Å². The molecule has 8 heteroatoms. The number of methoxy groups -OCH3 is 1. The van der Waals surface area contributed by atoms with Crippen molar-refractivity contribution >= 4 is 40.9 Å². The zero-order chi connectivity index (χ0) is 22.8. The molecule has 3 aromatic carbocycles. The van der Waals surface area contributed by atoms with Gasteiger partial charge in [-0.3, -0.25) is 14.4 Å². The molecule has 2 amide bonds. The highest BCUT2D eigenvalue weighted by atomic mass is 32.2. The highest BCUT2D eigenvalue weighted by molar-refractivity contribution is 8.00. The van der Waals surface area contributed by atoms with E-state index in [0.717, 1.165) is 4.90 Å². The van der Waals surface area contributed by atoms with Crippen LogP contribution in [0.5, 0.6) is 5.75 Å². The van der Waals surface area contributed by atoms with Crippen LogP contribution in [0.4, 0.5) is 11.4 Å². The average molecular weight is 451 g/mol. The van der Waals surface area contributed by atoms with Crippen molar-refractivity contribution < 1.29 is 23.9 Å². The second kappa shape index (κ2) is 11.6. The van der Waals surface area contributed by atoms with Crippen molar-refractivity contribution in [2.45, 2.75) is 4.90 Å². The molecule has 0 aliphatic heterocycles. The monoisotopic (exact) mass is 450 g/mol. The van der Waals surface area contributed by atoms with Crippen LogP contribution in [0.3, 0.4) is 0 Å². The number of anilines is 2. The van der Waals surface area contributed by atoms with Gasteiger partial charge in [-0.15, -0.1) is 11.8 Å². The molecular weight excluding hydrogens is 428 g/mol. The van der Waals surface area contributed by atoms with Crippen LogP contribution >= 0.6 is 11.8 Å². The Labute approximate surface area is 190 Å². The number of thioether (sulfide) groups is 1. The highest BCUT2D eigenvalue weighted by Crippen LogP contribution is 2.24. The fraction of sp³-hybridized carbons (Fsp3) is 0.125. The Bertz CT molecular complexity index is 1070. The summed E-state index contributed by atoms with van der Waals surface area (Å²) in [5.74, 6) is -0.571. The maximum atomic E-state index is 12.4. The van der Waals surface area contributed by atoms with Gasteiger partial charge in [0.1, 0.15) is 5.75 Å². The molecule has 0 bridgehead atoms. The minimum Gasteiger partial charge on any atom is -0.495 e. The molecule has 3 rings (SSSR count). The molecule has 0 spiro atoms. The first kappa shape index (κ1) is 22.9. The Morgan fingerprint density at radius 1 is 0.844 bits per heavy atom. The number of nitrogens with one attached hydrogen (secondary N) is 2. The number of para-hydroxylation sites is 2. The van der Waals surface area contributed by atoms with Gasteiger partial charge in [-0.1, -0.05) is 30.3 Å². The molecule has 0 aliphatic rings. The summed E-state index contributed by atoms with van der Waals surface area (Å²) in [7, 11) is 1.53. The van der Waals surface area contributed by atoms with Crippen LogP contribution in [0.25, 0.3) is 0 Å². The number of rotatable bonds is 9. The van der Waals surface area contributed by atoms with E-state index in [1.54, 1.807) is 42.5 Å². The smallest absolute Gasteiger partial charge is 0.316 e. The molecule has 0 aromatic heterocycles. The van der Waals surface area contributed by atoms with E-state index < -0.39 is 11.9 Å². The van der Waals surface area contributed by atoms with Gasteiger partial charge < -0.3 is 20.1 Å². The van der Waals surface area contributed by atoms with Gasteiger partial charge >= 0.3 is 5.97 Å². The number of esters is 1. The zero-order valence-electron chi connectivity index (χ0n) is 17.4. The Kier molecular flexibility index (Phi) is 8.28. The third-order valence-corrected chi connectivity index (χ3v) is 5.24. The maximum Gasteiger partial charge on any atom is 0.316 e. The van der Waals surface area contributed by atoms with Gasteiger partial charge in [0.15, 0.2) is 6.61 Å². The first-order chi connectivity index (χ1) is 15.5. The number of hydrogen-bond donors (Lipinski definition) is 2. The number of benzene rings is 3. The summed E-state index contributed by atoms with van der Waals surface area (Å²) in [6.45, 7) is -0.385. The minimum absolute atomic E-state index is 0.118. The summed E-state index contributed by atoms with van der Waals surface area (Å²) in [5, 5.41) is 5.41. The van der Waals surface area contributed by atoms with Crippen LogP contribution in [0, 0.1) is 0 Å². The van der Waals surface area contributed by atoms with E-state index in [2.05, 4.69) is 10.6 Å². The van der Waals surface area contributed by atoms with Crippen LogP contribution in [-0.2, 0) is 14.3 Å².